The Morgan fingerprint density at radius 3 is 2.40 bits per heavy atom. The van der Waals surface area contributed by atoms with Crippen molar-refractivity contribution in [2.24, 2.45) is 0 Å². The third-order valence-corrected chi connectivity index (χ3v) is 1.53. The van der Waals surface area contributed by atoms with Crippen molar-refractivity contribution in [2.75, 3.05) is 13.1 Å². The number of hydrogen-bond acceptors (Lipinski definition) is 4. The maximum absolute atomic E-state index is 11.1. The van der Waals surface area contributed by atoms with E-state index in [1.165, 1.54) is 0 Å². The molecule has 0 saturated carbocycles. The molecule has 0 aliphatic heterocycles. The molecule has 0 saturated heterocycles. The SMILES string of the molecule is CC(C)NC(=O)CNCC(O)CC(=O)O. The molecule has 0 aromatic rings. The van der Waals surface area contributed by atoms with Crippen LogP contribution in [-0.4, -0.2) is 47.3 Å². The Morgan fingerprint density at radius 2 is 1.93 bits per heavy atom. The Labute approximate surface area is 88.7 Å². The summed E-state index contributed by atoms with van der Waals surface area (Å²) in [5, 5.41) is 22.8. The number of amides is 1. The van der Waals surface area contributed by atoms with Gasteiger partial charge in [0.15, 0.2) is 0 Å². The quantitative estimate of drug-likeness (QED) is 0.436. The van der Waals surface area contributed by atoms with E-state index in [0.717, 1.165) is 0 Å². The number of rotatable bonds is 7. The second-order valence-electron chi connectivity index (χ2n) is 3.60. The highest BCUT2D eigenvalue weighted by Crippen LogP contribution is 1.88. The Morgan fingerprint density at radius 1 is 1.33 bits per heavy atom. The summed E-state index contributed by atoms with van der Waals surface area (Å²) in [5.74, 6) is -1.23. The Balaban J connectivity index is 3.52. The molecule has 0 rings (SSSR count). The van der Waals surface area contributed by atoms with Crippen molar-refractivity contribution in [1.82, 2.24) is 10.6 Å². The average molecular weight is 218 g/mol. The number of aliphatic hydroxyl groups is 1. The molecule has 0 aliphatic rings. The third kappa shape index (κ3) is 9.17. The van der Waals surface area contributed by atoms with E-state index in [-0.39, 0.29) is 31.5 Å². The van der Waals surface area contributed by atoms with Crippen LogP contribution in [0.4, 0.5) is 0 Å². The molecular weight excluding hydrogens is 200 g/mol. The fourth-order valence-electron chi connectivity index (χ4n) is 0.999. The van der Waals surface area contributed by atoms with Crippen molar-refractivity contribution in [1.29, 1.82) is 0 Å². The molecule has 0 radical (unpaired) electrons. The summed E-state index contributed by atoms with van der Waals surface area (Å²) >= 11 is 0. The molecule has 1 amide bonds. The van der Waals surface area contributed by atoms with Crippen LogP contribution in [0, 0.1) is 0 Å². The lowest BCUT2D eigenvalue weighted by Gasteiger charge is -2.11. The van der Waals surface area contributed by atoms with Crippen LogP contribution in [0.15, 0.2) is 0 Å². The molecule has 0 aliphatic carbocycles. The zero-order chi connectivity index (χ0) is 11.8. The summed E-state index contributed by atoms with van der Waals surface area (Å²) in [5.41, 5.74) is 0. The van der Waals surface area contributed by atoms with Gasteiger partial charge >= 0.3 is 5.97 Å². The number of aliphatic hydroxyl groups excluding tert-OH is 1. The molecule has 15 heavy (non-hydrogen) atoms. The van der Waals surface area contributed by atoms with Crippen LogP contribution in [0.2, 0.25) is 0 Å². The summed E-state index contributed by atoms with van der Waals surface area (Å²) in [6, 6.07) is 0.0724. The van der Waals surface area contributed by atoms with Gasteiger partial charge in [-0.25, -0.2) is 0 Å². The summed E-state index contributed by atoms with van der Waals surface area (Å²) < 4.78 is 0. The van der Waals surface area contributed by atoms with Crippen LogP contribution in [-0.2, 0) is 9.59 Å². The van der Waals surface area contributed by atoms with Crippen molar-refractivity contribution in [2.45, 2.75) is 32.4 Å². The standard InChI is InChI=1S/C9H18N2O4/c1-6(2)11-8(13)5-10-4-7(12)3-9(14)15/h6-7,10,12H,3-5H2,1-2H3,(H,11,13)(H,14,15). The Kier molecular flexibility index (Phi) is 6.64. The first-order chi connectivity index (χ1) is 6.91. The predicted molar refractivity (Wildman–Crippen MR) is 54.4 cm³/mol. The lowest BCUT2D eigenvalue weighted by molar-refractivity contribution is -0.139. The summed E-state index contributed by atoms with van der Waals surface area (Å²) in [4.78, 5) is 21.3. The number of nitrogens with one attached hydrogen (secondary N) is 2. The minimum Gasteiger partial charge on any atom is -0.481 e. The second kappa shape index (κ2) is 7.19. The summed E-state index contributed by atoms with van der Waals surface area (Å²) in [6.45, 7) is 3.86. The van der Waals surface area contributed by atoms with E-state index >= 15 is 0 Å². The van der Waals surface area contributed by atoms with Crippen molar-refractivity contribution in [3.8, 4) is 0 Å². The number of carbonyl (C=O) groups is 2. The third-order valence-electron chi connectivity index (χ3n) is 1.53. The van der Waals surface area contributed by atoms with Crippen molar-refractivity contribution in [3.63, 3.8) is 0 Å². The Hall–Kier alpha value is -1.14. The monoisotopic (exact) mass is 218 g/mol. The molecule has 0 aromatic carbocycles. The average Bonchev–Trinajstić information content (AvgIpc) is 2.00. The first-order valence-corrected chi connectivity index (χ1v) is 4.81. The molecule has 0 aromatic heterocycles. The first kappa shape index (κ1) is 13.9. The Bertz CT molecular complexity index is 218. The molecule has 1 atom stereocenters. The van der Waals surface area contributed by atoms with Crippen LogP contribution in [0.1, 0.15) is 20.3 Å². The lowest BCUT2D eigenvalue weighted by Crippen LogP contribution is -2.40. The van der Waals surface area contributed by atoms with Crippen molar-refractivity contribution < 1.29 is 19.8 Å². The van der Waals surface area contributed by atoms with E-state index in [2.05, 4.69) is 10.6 Å². The molecule has 0 bridgehead atoms. The van der Waals surface area contributed by atoms with E-state index in [9.17, 15) is 9.59 Å². The minimum atomic E-state index is -1.06. The number of carbonyl (C=O) groups excluding carboxylic acids is 1. The van der Waals surface area contributed by atoms with Gasteiger partial charge in [-0.1, -0.05) is 0 Å². The van der Waals surface area contributed by atoms with Crippen LogP contribution in [0.3, 0.4) is 0 Å². The molecule has 0 heterocycles. The van der Waals surface area contributed by atoms with E-state index in [1.54, 1.807) is 0 Å². The lowest BCUT2D eigenvalue weighted by atomic mass is 10.2. The second-order valence-corrected chi connectivity index (χ2v) is 3.60. The van der Waals surface area contributed by atoms with Gasteiger partial charge in [-0.05, 0) is 13.8 Å². The van der Waals surface area contributed by atoms with Gasteiger partial charge < -0.3 is 20.8 Å². The van der Waals surface area contributed by atoms with Gasteiger partial charge in [0.1, 0.15) is 0 Å². The van der Waals surface area contributed by atoms with Gasteiger partial charge in [-0.15, -0.1) is 0 Å². The zero-order valence-corrected chi connectivity index (χ0v) is 8.99. The number of aliphatic carboxylic acids is 1. The molecule has 0 fully saturated rings. The van der Waals surface area contributed by atoms with E-state index in [4.69, 9.17) is 10.2 Å². The molecule has 6 heteroatoms. The summed E-state index contributed by atoms with van der Waals surface area (Å²) in [6.07, 6.45) is -1.28. The molecule has 4 N–H and O–H groups in total. The smallest absolute Gasteiger partial charge is 0.306 e. The van der Waals surface area contributed by atoms with Gasteiger partial charge in [-0.2, -0.15) is 0 Å². The molecule has 0 spiro atoms. The van der Waals surface area contributed by atoms with E-state index in [0.29, 0.717) is 0 Å². The van der Waals surface area contributed by atoms with Crippen LogP contribution >= 0.6 is 0 Å². The van der Waals surface area contributed by atoms with Gasteiger partial charge in [0.05, 0.1) is 19.1 Å². The molecule has 88 valence electrons. The fraction of sp³-hybridized carbons (Fsp3) is 0.778. The van der Waals surface area contributed by atoms with Gasteiger partial charge in [0, 0.05) is 12.6 Å². The maximum Gasteiger partial charge on any atom is 0.306 e. The molecular formula is C9H18N2O4. The number of carboxylic acids is 1. The molecule has 6 nitrogen and oxygen atoms in total. The minimum absolute atomic E-state index is 0.0724. The first-order valence-electron chi connectivity index (χ1n) is 4.81. The van der Waals surface area contributed by atoms with Crippen LogP contribution in [0.25, 0.3) is 0 Å². The number of hydrogen-bond donors (Lipinski definition) is 4. The highest BCUT2D eigenvalue weighted by atomic mass is 16.4. The fourth-order valence-corrected chi connectivity index (χ4v) is 0.999. The van der Waals surface area contributed by atoms with Crippen molar-refractivity contribution in [3.05, 3.63) is 0 Å². The predicted octanol–water partition coefficient (Wildman–Crippen LogP) is -1.06. The highest BCUT2D eigenvalue weighted by molar-refractivity contribution is 5.78. The maximum atomic E-state index is 11.1. The number of carboxylic acid groups (broad SMARTS) is 1. The van der Waals surface area contributed by atoms with Gasteiger partial charge in [0.2, 0.25) is 5.91 Å². The van der Waals surface area contributed by atoms with Gasteiger partial charge in [-0.3, -0.25) is 9.59 Å². The topological polar surface area (TPSA) is 98.7 Å². The normalized spacial score (nSPS) is 12.5. The summed E-state index contributed by atoms with van der Waals surface area (Å²) in [7, 11) is 0. The van der Waals surface area contributed by atoms with E-state index in [1.807, 2.05) is 13.8 Å². The largest absolute Gasteiger partial charge is 0.481 e. The van der Waals surface area contributed by atoms with Crippen LogP contribution in [0.5, 0.6) is 0 Å². The zero-order valence-electron chi connectivity index (χ0n) is 8.99. The van der Waals surface area contributed by atoms with Gasteiger partial charge in [0.25, 0.3) is 0 Å². The van der Waals surface area contributed by atoms with Crippen LogP contribution < -0.4 is 10.6 Å². The van der Waals surface area contributed by atoms with Crippen molar-refractivity contribution >= 4 is 11.9 Å². The highest BCUT2D eigenvalue weighted by Gasteiger charge is 2.09. The van der Waals surface area contributed by atoms with E-state index < -0.39 is 12.1 Å². The molecule has 1 unspecified atom stereocenters.